The molecule has 0 saturated carbocycles. The number of halogens is 1. The third-order valence-electron chi connectivity index (χ3n) is 4.41. The molecule has 34 heavy (non-hydrogen) atoms. The van der Waals surface area contributed by atoms with E-state index in [-0.39, 0.29) is 10.0 Å². The number of carbonyl (C=O) groups is 1. The minimum Gasteiger partial charge on any atom is -0.490 e. The number of sulfonamides is 1. The predicted molar refractivity (Wildman–Crippen MR) is 139 cm³/mol. The van der Waals surface area contributed by atoms with Crippen molar-refractivity contribution >= 4 is 60.6 Å². The molecular formula is C23H22BrN3O5S2. The van der Waals surface area contributed by atoms with Crippen molar-refractivity contribution in [1.29, 1.82) is 0 Å². The number of hydrogen-bond donors (Lipinski definition) is 3. The van der Waals surface area contributed by atoms with Crippen LogP contribution in [0.2, 0.25) is 0 Å². The molecule has 0 aliphatic carbocycles. The molecule has 3 rings (SSSR count). The highest BCUT2D eigenvalue weighted by Gasteiger charge is 2.15. The van der Waals surface area contributed by atoms with Crippen molar-refractivity contribution in [2.24, 2.45) is 0 Å². The lowest BCUT2D eigenvalue weighted by Gasteiger charge is -2.12. The van der Waals surface area contributed by atoms with Gasteiger partial charge in [-0.25, -0.2) is 8.42 Å². The van der Waals surface area contributed by atoms with E-state index in [2.05, 4.69) is 31.3 Å². The van der Waals surface area contributed by atoms with Crippen LogP contribution in [0.15, 0.2) is 82.2 Å². The van der Waals surface area contributed by atoms with Crippen LogP contribution >= 0.6 is 28.1 Å². The molecule has 1 amide bonds. The Morgan fingerprint density at radius 3 is 2.32 bits per heavy atom. The fourth-order valence-corrected chi connectivity index (χ4v) is 4.53. The van der Waals surface area contributed by atoms with Gasteiger partial charge in [0.05, 0.1) is 16.0 Å². The molecule has 0 aromatic heterocycles. The minimum atomic E-state index is -3.73. The highest BCUT2D eigenvalue weighted by molar-refractivity contribution is 9.10. The van der Waals surface area contributed by atoms with Crippen molar-refractivity contribution in [2.45, 2.75) is 4.90 Å². The standard InChI is InChI=1S/C23H22BrN3O5S2/c1-31-13-14-32-21-12-7-16(15-20(21)24)22(28)26-23(33)25-17-8-10-19(11-9-17)34(29,30)27-18-5-3-2-4-6-18/h2-12,15,27H,13-14H2,1H3,(H2,25,26,28,33). The second-order valence-corrected chi connectivity index (χ2v) is 9.84. The molecular weight excluding hydrogens is 542 g/mol. The highest BCUT2D eigenvalue weighted by Crippen LogP contribution is 2.26. The SMILES string of the molecule is COCCOc1ccc(C(=O)NC(=S)Nc2ccc(S(=O)(=O)Nc3ccccc3)cc2)cc1Br. The minimum absolute atomic E-state index is 0.0690. The molecule has 0 aliphatic heterocycles. The summed E-state index contributed by atoms with van der Waals surface area (Å²) in [5.41, 5.74) is 1.37. The number of thiocarbonyl (C=S) groups is 1. The maximum atomic E-state index is 12.5. The van der Waals surface area contributed by atoms with Gasteiger partial charge in [0.2, 0.25) is 0 Å². The van der Waals surface area contributed by atoms with E-state index >= 15 is 0 Å². The molecule has 0 fully saturated rings. The van der Waals surface area contributed by atoms with Gasteiger partial charge in [-0.15, -0.1) is 0 Å². The van der Waals surface area contributed by atoms with E-state index in [0.717, 1.165) is 0 Å². The van der Waals surface area contributed by atoms with Crippen molar-refractivity contribution in [3.63, 3.8) is 0 Å². The van der Waals surface area contributed by atoms with Gasteiger partial charge < -0.3 is 14.8 Å². The number of hydrogen-bond acceptors (Lipinski definition) is 6. The molecule has 0 heterocycles. The Balaban J connectivity index is 1.57. The number of benzene rings is 3. The number of amides is 1. The van der Waals surface area contributed by atoms with Gasteiger partial charge in [0, 0.05) is 24.0 Å². The Morgan fingerprint density at radius 1 is 0.971 bits per heavy atom. The van der Waals surface area contributed by atoms with Crippen molar-refractivity contribution in [1.82, 2.24) is 5.32 Å². The Hall–Kier alpha value is -2.99. The molecule has 3 aromatic rings. The average molecular weight is 564 g/mol. The van der Waals surface area contributed by atoms with Gasteiger partial charge >= 0.3 is 0 Å². The van der Waals surface area contributed by atoms with Crippen LogP contribution in [-0.2, 0) is 14.8 Å². The third kappa shape index (κ3) is 7.26. The lowest BCUT2D eigenvalue weighted by molar-refractivity contribution is 0.0977. The van der Waals surface area contributed by atoms with Crippen molar-refractivity contribution in [3.05, 3.63) is 82.8 Å². The van der Waals surface area contributed by atoms with Crippen LogP contribution in [-0.4, -0.2) is 39.8 Å². The molecule has 0 aliphatic rings. The van der Waals surface area contributed by atoms with Crippen molar-refractivity contribution in [3.8, 4) is 5.75 Å². The third-order valence-corrected chi connectivity index (χ3v) is 6.64. The maximum Gasteiger partial charge on any atom is 0.261 e. The fraction of sp³-hybridized carbons (Fsp3) is 0.130. The highest BCUT2D eigenvalue weighted by atomic mass is 79.9. The smallest absolute Gasteiger partial charge is 0.261 e. The lowest BCUT2D eigenvalue weighted by atomic mass is 10.2. The summed E-state index contributed by atoms with van der Waals surface area (Å²) in [7, 11) is -2.15. The molecule has 0 unspecified atom stereocenters. The van der Waals surface area contributed by atoms with Crippen LogP contribution < -0.4 is 20.1 Å². The summed E-state index contributed by atoms with van der Waals surface area (Å²) in [5.74, 6) is 0.180. The Kier molecular flexibility index (Phi) is 8.99. The number of carbonyl (C=O) groups excluding carboxylic acids is 1. The first-order valence-electron chi connectivity index (χ1n) is 10.00. The molecule has 11 heteroatoms. The van der Waals surface area contributed by atoms with Crippen molar-refractivity contribution in [2.75, 3.05) is 30.4 Å². The number of methoxy groups -OCH3 is 1. The predicted octanol–water partition coefficient (Wildman–Crippen LogP) is 4.40. The second kappa shape index (κ2) is 11.9. The number of nitrogens with one attached hydrogen (secondary N) is 3. The van der Waals surface area contributed by atoms with E-state index in [1.807, 2.05) is 0 Å². The summed E-state index contributed by atoms with van der Waals surface area (Å²) >= 11 is 8.59. The summed E-state index contributed by atoms with van der Waals surface area (Å²) < 4.78 is 38.7. The zero-order valence-corrected chi connectivity index (χ0v) is 21.3. The van der Waals surface area contributed by atoms with Crippen LogP contribution in [0.4, 0.5) is 11.4 Å². The Morgan fingerprint density at radius 2 is 1.68 bits per heavy atom. The van der Waals surface area contributed by atoms with E-state index in [9.17, 15) is 13.2 Å². The van der Waals surface area contributed by atoms with Crippen LogP contribution in [0.5, 0.6) is 5.75 Å². The molecule has 0 bridgehead atoms. The Bertz CT molecular complexity index is 1250. The number of para-hydroxylation sites is 1. The maximum absolute atomic E-state index is 12.5. The van der Waals surface area contributed by atoms with Gasteiger partial charge in [0.25, 0.3) is 15.9 Å². The van der Waals surface area contributed by atoms with Crippen LogP contribution in [0, 0.1) is 0 Å². The number of rotatable bonds is 9. The largest absolute Gasteiger partial charge is 0.490 e. The monoisotopic (exact) mass is 563 g/mol. The van der Waals surface area contributed by atoms with Gasteiger partial charge in [-0.05, 0) is 82.7 Å². The van der Waals surface area contributed by atoms with Gasteiger partial charge in [-0.2, -0.15) is 0 Å². The molecule has 0 radical (unpaired) electrons. The molecule has 8 nitrogen and oxygen atoms in total. The van der Waals surface area contributed by atoms with Crippen LogP contribution in [0.25, 0.3) is 0 Å². The molecule has 178 valence electrons. The molecule has 0 saturated heterocycles. The van der Waals surface area contributed by atoms with Gasteiger partial charge in [-0.3, -0.25) is 14.8 Å². The summed E-state index contributed by atoms with van der Waals surface area (Å²) in [5, 5.41) is 5.52. The second-order valence-electron chi connectivity index (χ2n) is 6.89. The molecule has 3 aromatic carbocycles. The molecule has 3 N–H and O–H groups in total. The molecule has 0 spiro atoms. The Labute approximate surface area is 211 Å². The van der Waals surface area contributed by atoms with E-state index in [4.69, 9.17) is 21.7 Å². The van der Waals surface area contributed by atoms with Gasteiger partial charge in [0.15, 0.2) is 5.11 Å². The van der Waals surface area contributed by atoms with E-state index in [1.54, 1.807) is 67.8 Å². The number of anilines is 2. The summed E-state index contributed by atoms with van der Waals surface area (Å²) in [6.07, 6.45) is 0. The summed E-state index contributed by atoms with van der Waals surface area (Å²) in [6, 6.07) is 19.5. The topological polar surface area (TPSA) is 106 Å². The van der Waals surface area contributed by atoms with Crippen molar-refractivity contribution < 1.29 is 22.7 Å². The number of ether oxygens (including phenoxy) is 2. The zero-order valence-electron chi connectivity index (χ0n) is 18.1. The van der Waals surface area contributed by atoms with E-state index in [0.29, 0.717) is 40.4 Å². The van der Waals surface area contributed by atoms with E-state index < -0.39 is 15.9 Å². The molecule has 0 atom stereocenters. The lowest BCUT2D eigenvalue weighted by Crippen LogP contribution is -2.34. The first kappa shape index (κ1) is 25.6. The zero-order chi connectivity index (χ0) is 24.6. The van der Waals surface area contributed by atoms with E-state index in [1.165, 1.54) is 12.1 Å². The summed E-state index contributed by atoms with van der Waals surface area (Å²) in [4.78, 5) is 12.6. The first-order valence-corrected chi connectivity index (χ1v) is 12.7. The van der Waals surface area contributed by atoms with Gasteiger partial charge in [-0.1, -0.05) is 18.2 Å². The summed E-state index contributed by atoms with van der Waals surface area (Å²) in [6.45, 7) is 0.835. The normalized spacial score (nSPS) is 10.9. The average Bonchev–Trinajstić information content (AvgIpc) is 2.81. The fourth-order valence-electron chi connectivity index (χ4n) is 2.77. The van der Waals surface area contributed by atoms with Gasteiger partial charge in [0.1, 0.15) is 12.4 Å². The first-order chi connectivity index (χ1) is 16.3. The van der Waals surface area contributed by atoms with Crippen LogP contribution in [0.3, 0.4) is 0 Å². The quantitative estimate of drug-likeness (QED) is 0.261. The van der Waals surface area contributed by atoms with Crippen LogP contribution in [0.1, 0.15) is 10.4 Å².